The molecule has 0 bridgehead atoms. The van der Waals surface area contributed by atoms with Gasteiger partial charge in [-0.2, -0.15) is 10.2 Å². The maximum absolute atomic E-state index is 10.8. The van der Waals surface area contributed by atoms with Crippen molar-refractivity contribution in [3.63, 3.8) is 0 Å². The molecule has 0 amide bonds. The first-order valence-electron chi connectivity index (χ1n) is 12.3. The molecule has 1 saturated carbocycles. The number of hydrogen-bond acceptors (Lipinski definition) is 7. The number of hydrogen-bond donors (Lipinski definition) is 2. The topological polar surface area (TPSA) is 81.0 Å². The van der Waals surface area contributed by atoms with Gasteiger partial charge in [0.2, 0.25) is 0 Å². The molecule has 2 heterocycles. The van der Waals surface area contributed by atoms with Gasteiger partial charge in [0.1, 0.15) is 6.29 Å². The molecule has 0 aromatic heterocycles. The van der Waals surface area contributed by atoms with Gasteiger partial charge in [-0.25, -0.2) is 5.53 Å². The summed E-state index contributed by atoms with van der Waals surface area (Å²) in [5.41, 5.74) is 12.3. The fourth-order valence-corrected chi connectivity index (χ4v) is 4.94. The number of benzene rings is 1. The summed E-state index contributed by atoms with van der Waals surface area (Å²) in [7, 11) is 0. The van der Waals surface area contributed by atoms with Crippen molar-refractivity contribution in [1.29, 1.82) is 5.53 Å². The lowest BCUT2D eigenvalue weighted by Gasteiger charge is -2.35. The number of likely N-dealkylation sites (tertiary alicyclic amines) is 1. The zero-order valence-electron chi connectivity index (χ0n) is 19.5. The van der Waals surface area contributed by atoms with Crippen molar-refractivity contribution in [2.24, 2.45) is 5.11 Å². The van der Waals surface area contributed by atoms with Gasteiger partial charge in [-0.05, 0) is 74.2 Å². The lowest BCUT2D eigenvalue weighted by atomic mass is 9.87. The van der Waals surface area contributed by atoms with Crippen molar-refractivity contribution in [2.45, 2.75) is 76.1 Å². The molecule has 0 spiro atoms. The number of aldehydes is 1. The van der Waals surface area contributed by atoms with Crippen molar-refractivity contribution in [3.8, 4) is 0 Å². The molecule has 178 valence electrons. The number of carbonyl (C=O) groups excluding carboxylic acids is 1. The summed E-state index contributed by atoms with van der Waals surface area (Å²) in [5.74, 6) is 0.557. The van der Waals surface area contributed by atoms with Gasteiger partial charge in [-0.3, -0.25) is 9.74 Å². The van der Waals surface area contributed by atoms with E-state index in [-0.39, 0.29) is 6.04 Å². The third-order valence-corrected chi connectivity index (χ3v) is 7.34. The molecule has 1 aromatic carbocycles. The van der Waals surface area contributed by atoms with E-state index in [4.69, 9.17) is 10.4 Å². The van der Waals surface area contributed by atoms with Crippen LogP contribution in [0, 0.1) is 5.53 Å². The first-order chi connectivity index (χ1) is 16.2. The fourth-order valence-electron chi connectivity index (χ4n) is 4.94. The van der Waals surface area contributed by atoms with Crippen LogP contribution in [0.4, 0.5) is 0 Å². The van der Waals surface area contributed by atoms with Gasteiger partial charge in [0, 0.05) is 25.2 Å². The highest BCUT2D eigenvalue weighted by Crippen LogP contribution is 2.32. The van der Waals surface area contributed by atoms with Crippen LogP contribution in [-0.2, 0) is 22.8 Å². The zero-order valence-corrected chi connectivity index (χ0v) is 19.5. The predicted molar refractivity (Wildman–Crippen MR) is 128 cm³/mol. The number of nitrogens with one attached hydrogen (secondary N) is 2. The number of rotatable bonds is 11. The lowest BCUT2D eigenvalue weighted by molar-refractivity contribution is -0.204. The summed E-state index contributed by atoms with van der Waals surface area (Å²) in [5, 5.41) is 9.13. The Morgan fingerprint density at radius 1 is 1.27 bits per heavy atom. The average molecular weight is 452 g/mol. The Balaban J connectivity index is 1.31. The largest absolute Gasteiger partial charge is 0.387 e. The molecule has 2 fully saturated rings. The Bertz CT molecular complexity index is 858. The first-order valence-corrected chi connectivity index (χ1v) is 12.3. The van der Waals surface area contributed by atoms with E-state index >= 15 is 0 Å². The summed E-state index contributed by atoms with van der Waals surface area (Å²) in [4.78, 5) is 19.1. The number of nitrogens with zero attached hydrogens (tertiary/aromatic N) is 3. The molecular formula is C26H37N5O2. The summed E-state index contributed by atoms with van der Waals surface area (Å²) in [6.07, 6.45) is 12.0. The van der Waals surface area contributed by atoms with Crippen molar-refractivity contribution in [3.05, 3.63) is 59.4 Å². The summed E-state index contributed by atoms with van der Waals surface area (Å²) in [6.45, 7) is 8.02. The second-order valence-corrected chi connectivity index (χ2v) is 9.52. The molecule has 7 heteroatoms. The quantitative estimate of drug-likeness (QED) is 0.290. The highest BCUT2D eigenvalue weighted by atomic mass is 16.7. The minimum absolute atomic E-state index is 0.0544. The van der Waals surface area contributed by atoms with Crippen molar-refractivity contribution in [2.75, 3.05) is 19.6 Å². The Morgan fingerprint density at radius 2 is 2.09 bits per heavy atom. The van der Waals surface area contributed by atoms with Crippen LogP contribution in [0.5, 0.6) is 0 Å². The Kier molecular flexibility index (Phi) is 8.42. The molecule has 2 aliphatic heterocycles. The SMILES string of the molecule is C=CC(CCC=O)N1Cc2cc(C3CCN(C/C(=C/NC4CCC4)N=N)CC3)ccc2CO1. The molecule has 1 aliphatic carbocycles. The van der Waals surface area contributed by atoms with Gasteiger partial charge in [0.15, 0.2) is 0 Å². The number of fused-ring (bicyclic) bond motifs is 1. The maximum Gasteiger partial charge on any atom is 0.120 e. The van der Waals surface area contributed by atoms with Crippen LogP contribution in [0.3, 0.4) is 0 Å². The lowest BCUT2D eigenvalue weighted by Crippen LogP contribution is -2.37. The number of piperidine rings is 1. The molecule has 2 N–H and O–H groups in total. The van der Waals surface area contributed by atoms with Crippen molar-refractivity contribution in [1.82, 2.24) is 15.3 Å². The molecule has 1 atom stereocenters. The number of hydroxylamine groups is 2. The highest BCUT2D eigenvalue weighted by molar-refractivity contribution is 5.49. The Morgan fingerprint density at radius 3 is 2.76 bits per heavy atom. The summed E-state index contributed by atoms with van der Waals surface area (Å²) < 4.78 is 0. The van der Waals surface area contributed by atoms with E-state index in [9.17, 15) is 4.79 Å². The number of carbonyl (C=O) groups is 1. The molecule has 1 unspecified atom stereocenters. The van der Waals surface area contributed by atoms with Crippen LogP contribution in [0.15, 0.2) is 47.9 Å². The maximum atomic E-state index is 10.8. The summed E-state index contributed by atoms with van der Waals surface area (Å²) in [6, 6.07) is 7.47. The molecular weight excluding hydrogens is 414 g/mol. The van der Waals surface area contributed by atoms with E-state index < -0.39 is 0 Å². The van der Waals surface area contributed by atoms with Crippen LogP contribution >= 0.6 is 0 Å². The first kappa shape index (κ1) is 23.8. The second-order valence-electron chi connectivity index (χ2n) is 9.52. The third kappa shape index (κ3) is 6.16. The normalized spacial score (nSPS) is 21.6. The zero-order chi connectivity index (χ0) is 23.0. The van der Waals surface area contributed by atoms with E-state index in [1.54, 1.807) is 0 Å². The van der Waals surface area contributed by atoms with Crippen molar-refractivity contribution < 1.29 is 9.63 Å². The van der Waals surface area contributed by atoms with Gasteiger partial charge >= 0.3 is 0 Å². The van der Waals surface area contributed by atoms with Crippen LogP contribution in [0.25, 0.3) is 0 Å². The third-order valence-electron chi connectivity index (χ3n) is 7.34. The van der Waals surface area contributed by atoms with E-state index in [0.717, 1.165) is 57.4 Å². The molecule has 0 radical (unpaired) electrons. The molecule has 1 aromatic rings. The fraction of sp³-hybridized carbons (Fsp3) is 0.577. The average Bonchev–Trinajstić information content (AvgIpc) is 2.82. The molecule has 33 heavy (non-hydrogen) atoms. The second kappa shape index (κ2) is 11.7. The molecule has 3 aliphatic rings. The van der Waals surface area contributed by atoms with E-state index in [2.05, 4.69) is 40.1 Å². The van der Waals surface area contributed by atoms with Gasteiger partial charge in [-0.15, -0.1) is 6.58 Å². The molecule has 4 rings (SSSR count). The molecule has 7 nitrogen and oxygen atoms in total. The Hall–Kier alpha value is -2.35. The predicted octanol–water partition coefficient (Wildman–Crippen LogP) is 4.66. The minimum Gasteiger partial charge on any atom is -0.387 e. The van der Waals surface area contributed by atoms with Crippen LogP contribution < -0.4 is 5.32 Å². The standard InChI is InChI=1S/C26H37N5O2/c1-2-26(7-4-14-32)31-17-23-15-21(8-9-22(23)19-33-31)20-10-12-30(13-11-20)18-25(29-27)16-28-24-5-3-6-24/h2,8-9,14-16,20,24,26-28H,1,3-7,10-13,17-19H2/b25-16-,29-27?. The monoisotopic (exact) mass is 451 g/mol. The van der Waals surface area contributed by atoms with Gasteiger partial charge in [-0.1, -0.05) is 24.3 Å². The van der Waals surface area contributed by atoms with Crippen molar-refractivity contribution >= 4 is 6.29 Å². The minimum atomic E-state index is 0.0544. The van der Waals surface area contributed by atoms with E-state index in [1.807, 2.05) is 17.3 Å². The van der Waals surface area contributed by atoms with Gasteiger partial charge in [0.05, 0.1) is 24.9 Å². The molecule has 1 saturated heterocycles. The Labute approximate surface area is 197 Å². The highest BCUT2D eigenvalue weighted by Gasteiger charge is 2.26. The smallest absolute Gasteiger partial charge is 0.120 e. The van der Waals surface area contributed by atoms with E-state index in [0.29, 0.717) is 25.0 Å². The van der Waals surface area contributed by atoms with Crippen LogP contribution in [0.1, 0.15) is 67.6 Å². The van der Waals surface area contributed by atoms with Crippen LogP contribution in [0.2, 0.25) is 0 Å². The van der Waals surface area contributed by atoms with Gasteiger partial charge in [0.25, 0.3) is 0 Å². The van der Waals surface area contributed by atoms with Gasteiger partial charge < -0.3 is 10.1 Å². The van der Waals surface area contributed by atoms with Crippen LogP contribution in [-0.4, -0.2) is 48.0 Å². The van der Waals surface area contributed by atoms with E-state index in [1.165, 1.54) is 36.0 Å². The summed E-state index contributed by atoms with van der Waals surface area (Å²) >= 11 is 0.